The van der Waals surface area contributed by atoms with Gasteiger partial charge in [0.15, 0.2) is 0 Å². The summed E-state index contributed by atoms with van der Waals surface area (Å²) in [6.45, 7) is 0.319. The zero-order valence-corrected chi connectivity index (χ0v) is 13.9. The Hall–Kier alpha value is -2.85. The van der Waals surface area contributed by atoms with E-state index in [1.165, 1.54) is 42.2 Å². The van der Waals surface area contributed by atoms with Crippen molar-refractivity contribution in [2.24, 2.45) is 5.14 Å². The van der Waals surface area contributed by atoms with Crippen molar-refractivity contribution in [3.63, 3.8) is 0 Å². The van der Waals surface area contributed by atoms with Crippen LogP contribution in [-0.2, 0) is 16.6 Å². The summed E-state index contributed by atoms with van der Waals surface area (Å²) < 4.78 is 41.0. The standard InChI is InChI=1S/C15H14FN5O3S/c1-24-13-8-11(4-7-14(13)25(17,22)23)15-18-20-21(19-15)9-10-2-5-12(16)6-3-10/h2-8H,9H2,1H3,(H2,17,22,23). The highest BCUT2D eigenvalue weighted by Gasteiger charge is 2.17. The monoisotopic (exact) mass is 363 g/mol. The van der Waals surface area contributed by atoms with Gasteiger partial charge >= 0.3 is 0 Å². The van der Waals surface area contributed by atoms with Crippen LogP contribution in [-0.4, -0.2) is 35.7 Å². The maximum absolute atomic E-state index is 12.9. The molecule has 2 aromatic carbocycles. The second-order valence-electron chi connectivity index (χ2n) is 5.18. The SMILES string of the molecule is COc1cc(-c2nnn(Cc3ccc(F)cc3)n2)ccc1S(N)(=O)=O. The lowest BCUT2D eigenvalue weighted by Gasteiger charge is -2.07. The topological polar surface area (TPSA) is 113 Å². The molecule has 0 atom stereocenters. The molecule has 0 aliphatic heterocycles. The minimum Gasteiger partial charge on any atom is -0.495 e. The lowest BCUT2D eigenvalue weighted by molar-refractivity contribution is 0.403. The van der Waals surface area contributed by atoms with E-state index in [0.29, 0.717) is 17.9 Å². The number of rotatable bonds is 5. The van der Waals surface area contributed by atoms with Crippen LogP contribution >= 0.6 is 0 Å². The van der Waals surface area contributed by atoms with E-state index >= 15 is 0 Å². The fourth-order valence-electron chi connectivity index (χ4n) is 2.22. The van der Waals surface area contributed by atoms with Crippen LogP contribution in [0, 0.1) is 5.82 Å². The zero-order chi connectivity index (χ0) is 18.0. The number of hydrogen-bond acceptors (Lipinski definition) is 6. The fraction of sp³-hybridized carbons (Fsp3) is 0.133. The first-order valence-electron chi connectivity index (χ1n) is 7.10. The first kappa shape index (κ1) is 17.0. The molecule has 8 nitrogen and oxygen atoms in total. The number of halogens is 1. The highest BCUT2D eigenvalue weighted by Crippen LogP contribution is 2.27. The normalized spacial score (nSPS) is 11.5. The van der Waals surface area contributed by atoms with Crippen molar-refractivity contribution >= 4 is 10.0 Å². The molecule has 2 N–H and O–H groups in total. The molecule has 0 amide bonds. The Morgan fingerprint density at radius 2 is 1.92 bits per heavy atom. The minimum absolute atomic E-state index is 0.0925. The van der Waals surface area contributed by atoms with E-state index in [1.54, 1.807) is 12.1 Å². The first-order chi connectivity index (χ1) is 11.9. The van der Waals surface area contributed by atoms with Crippen molar-refractivity contribution in [3.05, 3.63) is 53.8 Å². The van der Waals surface area contributed by atoms with Crippen molar-refractivity contribution in [3.8, 4) is 17.1 Å². The average Bonchev–Trinajstić information content (AvgIpc) is 3.04. The third-order valence-corrected chi connectivity index (χ3v) is 4.37. The Labute approximate surface area is 143 Å². The van der Waals surface area contributed by atoms with Gasteiger partial charge in [-0.1, -0.05) is 12.1 Å². The van der Waals surface area contributed by atoms with E-state index in [-0.39, 0.29) is 16.5 Å². The van der Waals surface area contributed by atoms with Crippen molar-refractivity contribution in [2.75, 3.05) is 7.11 Å². The highest BCUT2D eigenvalue weighted by molar-refractivity contribution is 7.89. The van der Waals surface area contributed by atoms with Gasteiger partial charge in [-0.25, -0.2) is 17.9 Å². The summed E-state index contributed by atoms with van der Waals surface area (Å²) in [6, 6.07) is 10.3. The number of sulfonamides is 1. The van der Waals surface area contributed by atoms with Gasteiger partial charge in [0.05, 0.1) is 13.7 Å². The molecule has 3 aromatic rings. The number of hydrogen-bond donors (Lipinski definition) is 1. The van der Waals surface area contributed by atoms with E-state index in [9.17, 15) is 12.8 Å². The summed E-state index contributed by atoms with van der Waals surface area (Å²) in [5.74, 6) is 0.0642. The van der Waals surface area contributed by atoms with Crippen molar-refractivity contribution in [1.29, 1.82) is 0 Å². The van der Waals surface area contributed by atoms with Gasteiger partial charge in [0.2, 0.25) is 15.8 Å². The zero-order valence-electron chi connectivity index (χ0n) is 13.1. The Morgan fingerprint density at radius 1 is 1.20 bits per heavy atom. The summed E-state index contributed by atoms with van der Waals surface area (Å²) in [5, 5.41) is 17.2. The molecule has 25 heavy (non-hydrogen) atoms. The van der Waals surface area contributed by atoms with E-state index < -0.39 is 10.0 Å². The number of benzene rings is 2. The lowest BCUT2D eigenvalue weighted by atomic mass is 10.2. The summed E-state index contributed by atoms with van der Waals surface area (Å²) in [6.07, 6.45) is 0. The number of nitrogens with two attached hydrogens (primary N) is 1. The number of tetrazole rings is 1. The van der Waals surface area contributed by atoms with Gasteiger partial charge in [-0.2, -0.15) is 4.80 Å². The van der Waals surface area contributed by atoms with Crippen LogP contribution in [0.25, 0.3) is 11.4 Å². The maximum Gasteiger partial charge on any atom is 0.241 e. The van der Waals surface area contributed by atoms with Gasteiger partial charge in [0.1, 0.15) is 16.5 Å². The van der Waals surface area contributed by atoms with Crippen LogP contribution in [0.3, 0.4) is 0 Å². The quantitative estimate of drug-likeness (QED) is 0.728. The summed E-state index contributed by atoms with van der Waals surface area (Å²) in [7, 11) is -2.56. The molecule has 0 saturated heterocycles. The Kier molecular flexibility index (Phi) is 4.47. The molecule has 0 bridgehead atoms. The first-order valence-corrected chi connectivity index (χ1v) is 8.65. The lowest BCUT2D eigenvalue weighted by Crippen LogP contribution is -2.13. The summed E-state index contributed by atoms with van der Waals surface area (Å²) in [5.41, 5.74) is 1.34. The van der Waals surface area contributed by atoms with Crippen LogP contribution in [0.15, 0.2) is 47.4 Å². The van der Waals surface area contributed by atoms with Crippen LogP contribution in [0.1, 0.15) is 5.56 Å². The van der Waals surface area contributed by atoms with Crippen molar-refractivity contribution < 1.29 is 17.5 Å². The van der Waals surface area contributed by atoms with Crippen molar-refractivity contribution in [2.45, 2.75) is 11.4 Å². The summed E-state index contributed by atoms with van der Waals surface area (Å²) in [4.78, 5) is 1.22. The average molecular weight is 363 g/mol. The fourth-order valence-corrected chi connectivity index (χ4v) is 2.90. The number of aromatic nitrogens is 4. The maximum atomic E-state index is 12.9. The number of ether oxygens (including phenoxy) is 1. The van der Waals surface area contributed by atoms with E-state index in [4.69, 9.17) is 9.88 Å². The third-order valence-electron chi connectivity index (χ3n) is 3.42. The molecule has 0 radical (unpaired) electrons. The number of primary sulfonamides is 1. The second kappa shape index (κ2) is 6.57. The molecule has 0 fully saturated rings. The minimum atomic E-state index is -3.90. The molecule has 0 saturated carbocycles. The highest BCUT2D eigenvalue weighted by atomic mass is 32.2. The number of nitrogens with zero attached hydrogens (tertiary/aromatic N) is 4. The van der Waals surface area contributed by atoms with E-state index in [0.717, 1.165) is 5.56 Å². The van der Waals surface area contributed by atoms with Crippen molar-refractivity contribution in [1.82, 2.24) is 20.2 Å². The van der Waals surface area contributed by atoms with Gasteiger partial charge in [0.25, 0.3) is 0 Å². The Bertz CT molecular complexity index is 1000. The molecule has 0 unspecified atom stereocenters. The molecule has 0 spiro atoms. The Balaban J connectivity index is 1.88. The van der Waals surface area contributed by atoms with Gasteiger partial charge in [0, 0.05) is 5.56 Å². The van der Waals surface area contributed by atoms with Crippen LogP contribution in [0.5, 0.6) is 5.75 Å². The van der Waals surface area contributed by atoms with Crippen LogP contribution < -0.4 is 9.88 Å². The predicted octanol–water partition coefficient (Wildman–Crippen LogP) is 1.18. The molecule has 130 valence electrons. The molecule has 3 rings (SSSR count). The molecular formula is C15H14FN5O3S. The van der Waals surface area contributed by atoms with E-state index in [1.807, 2.05) is 0 Å². The molecule has 0 aliphatic rings. The van der Waals surface area contributed by atoms with Crippen LogP contribution in [0.4, 0.5) is 4.39 Å². The Morgan fingerprint density at radius 3 is 2.56 bits per heavy atom. The molecule has 10 heteroatoms. The molecular weight excluding hydrogens is 349 g/mol. The van der Waals surface area contributed by atoms with Gasteiger partial charge in [-0.05, 0) is 41.1 Å². The van der Waals surface area contributed by atoms with Gasteiger partial charge in [-0.3, -0.25) is 0 Å². The van der Waals surface area contributed by atoms with Gasteiger partial charge in [-0.15, -0.1) is 10.2 Å². The van der Waals surface area contributed by atoms with Gasteiger partial charge < -0.3 is 4.74 Å². The van der Waals surface area contributed by atoms with Crippen LogP contribution in [0.2, 0.25) is 0 Å². The van der Waals surface area contributed by atoms with E-state index in [2.05, 4.69) is 15.4 Å². The number of methoxy groups -OCH3 is 1. The predicted molar refractivity (Wildman–Crippen MR) is 86.7 cm³/mol. The largest absolute Gasteiger partial charge is 0.495 e. The molecule has 1 aromatic heterocycles. The second-order valence-corrected chi connectivity index (χ2v) is 6.71. The molecule has 0 aliphatic carbocycles. The third kappa shape index (κ3) is 3.80. The summed E-state index contributed by atoms with van der Waals surface area (Å²) >= 11 is 0. The smallest absolute Gasteiger partial charge is 0.241 e. The molecule has 1 heterocycles.